The lowest BCUT2D eigenvalue weighted by Crippen LogP contribution is -2.19. The summed E-state index contributed by atoms with van der Waals surface area (Å²) >= 11 is 0. The number of hydrogen-bond acceptors (Lipinski definition) is 5. The van der Waals surface area contributed by atoms with Crippen molar-refractivity contribution in [1.29, 1.82) is 0 Å². The van der Waals surface area contributed by atoms with Crippen molar-refractivity contribution < 1.29 is 4.92 Å². The molecule has 130 valence electrons. The number of rotatable bonds is 3. The summed E-state index contributed by atoms with van der Waals surface area (Å²) in [7, 11) is 0. The largest absolute Gasteiger partial charge is 0.396 e. The zero-order chi connectivity index (χ0) is 17.3. The van der Waals surface area contributed by atoms with Gasteiger partial charge in [0, 0.05) is 0 Å². The molecular formula is C16H24N6O2. The summed E-state index contributed by atoms with van der Waals surface area (Å²) in [5.41, 5.74) is 8.25. The van der Waals surface area contributed by atoms with Gasteiger partial charge in [0.2, 0.25) is 0 Å². The van der Waals surface area contributed by atoms with Crippen LogP contribution in [0.5, 0.6) is 0 Å². The maximum absolute atomic E-state index is 10.5. The summed E-state index contributed by atoms with van der Waals surface area (Å²) in [5, 5.41) is 18.9. The van der Waals surface area contributed by atoms with Gasteiger partial charge in [0.25, 0.3) is 0 Å². The second-order valence-corrected chi connectivity index (χ2v) is 6.64. The summed E-state index contributed by atoms with van der Waals surface area (Å²) in [5.74, 6) is 0. The van der Waals surface area contributed by atoms with Crippen LogP contribution in [0.4, 0.5) is 11.4 Å². The van der Waals surface area contributed by atoms with Crippen LogP contribution in [0.25, 0.3) is 0 Å². The Bertz CT molecular complexity index is 727. The molecule has 2 aromatic rings. The van der Waals surface area contributed by atoms with Gasteiger partial charge >= 0.3 is 5.69 Å². The Hall–Kier alpha value is -2.38. The van der Waals surface area contributed by atoms with Crippen molar-refractivity contribution in [3.05, 3.63) is 33.9 Å². The van der Waals surface area contributed by atoms with Crippen LogP contribution in [-0.2, 0) is 0 Å². The molecule has 0 spiro atoms. The van der Waals surface area contributed by atoms with Gasteiger partial charge in [-0.05, 0) is 52.4 Å². The van der Waals surface area contributed by atoms with Gasteiger partial charge in [0.15, 0.2) is 0 Å². The highest BCUT2D eigenvalue weighted by molar-refractivity contribution is 5.40. The van der Waals surface area contributed by atoms with E-state index < -0.39 is 0 Å². The van der Waals surface area contributed by atoms with E-state index in [4.69, 9.17) is 5.73 Å². The molecule has 8 heteroatoms. The van der Waals surface area contributed by atoms with Gasteiger partial charge in [-0.3, -0.25) is 19.5 Å². The fraction of sp³-hybridized carbons (Fsp3) is 0.625. The first-order chi connectivity index (χ1) is 11.5. The number of anilines is 1. The van der Waals surface area contributed by atoms with Gasteiger partial charge in [-0.25, -0.2) is 0 Å². The number of hydrogen-bond donors (Lipinski definition) is 1. The minimum Gasteiger partial charge on any atom is -0.396 e. The first kappa shape index (κ1) is 16.5. The van der Waals surface area contributed by atoms with Crippen LogP contribution in [-0.4, -0.2) is 24.5 Å². The highest BCUT2D eigenvalue weighted by atomic mass is 16.6. The smallest absolute Gasteiger partial charge is 0.309 e. The SMILES string of the molecule is Cc1c(N)cnn1C1CCC1.Cc1nn(C2CCC2)cc1[N+](=O)[O-]. The average molecular weight is 332 g/mol. The zero-order valence-corrected chi connectivity index (χ0v) is 14.2. The first-order valence-electron chi connectivity index (χ1n) is 8.47. The van der Waals surface area contributed by atoms with Crippen molar-refractivity contribution in [2.45, 2.75) is 64.5 Å². The molecule has 2 fully saturated rings. The number of aryl methyl sites for hydroxylation is 1. The van der Waals surface area contributed by atoms with E-state index in [0.29, 0.717) is 17.8 Å². The maximum Gasteiger partial charge on any atom is 0.309 e. The number of nitro groups is 1. The van der Waals surface area contributed by atoms with E-state index in [-0.39, 0.29) is 10.6 Å². The van der Waals surface area contributed by atoms with Gasteiger partial charge in [-0.2, -0.15) is 10.2 Å². The molecule has 0 unspecified atom stereocenters. The number of nitrogen functional groups attached to an aromatic ring is 1. The van der Waals surface area contributed by atoms with Gasteiger partial charge in [0.05, 0.1) is 34.6 Å². The molecule has 2 heterocycles. The number of aromatic nitrogens is 4. The topological polar surface area (TPSA) is 105 Å². The number of nitrogens with zero attached hydrogens (tertiary/aromatic N) is 5. The molecule has 0 aromatic carbocycles. The Morgan fingerprint density at radius 1 is 1.21 bits per heavy atom. The molecule has 8 nitrogen and oxygen atoms in total. The van der Waals surface area contributed by atoms with Crippen LogP contribution in [0.3, 0.4) is 0 Å². The molecule has 0 radical (unpaired) electrons. The molecule has 0 amide bonds. The van der Waals surface area contributed by atoms with Crippen molar-refractivity contribution >= 4 is 11.4 Å². The minimum absolute atomic E-state index is 0.131. The van der Waals surface area contributed by atoms with Gasteiger partial charge in [-0.15, -0.1) is 0 Å². The lowest BCUT2D eigenvalue weighted by molar-refractivity contribution is -0.385. The molecule has 0 atom stereocenters. The molecule has 2 aliphatic carbocycles. The molecular weight excluding hydrogens is 308 g/mol. The average Bonchev–Trinajstić information content (AvgIpc) is 2.94. The predicted molar refractivity (Wildman–Crippen MR) is 90.8 cm³/mol. The van der Waals surface area contributed by atoms with E-state index in [1.807, 2.05) is 6.92 Å². The lowest BCUT2D eigenvalue weighted by atomic mass is 9.93. The van der Waals surface area contributed by atoms with E-state index in [1.54, 1.807) is 24.0 Å². The Kier molecular flexibility index (Phi) is 4.55. The molecule has 4 rings (SSSR count). The van der Waals surface area contributed by atoms with Gasteiger partial charge in [0.1, 0.15) is 11.9 Å². The van der Waals surface area contributed by atoms with Crippen molar-refractivity contribution in [1.82, 2.24) is 19.6 Å². The number of nitrogens with two attached hydrogens (primary N) is 1. The predicted octanol–water partition coefficient (Wildman–Crippen LogP) is 3.32. The van der Waals surface area contributed by atoms with Crippen LogP contribution < -0.4 is 5.73 Å². The van der Waals surface area contributed by atoms with Crippen LogP contribution >= 0.6 is 0 Å². The van der Waals surface area contributed by atoms with E-state index in [0.717, 1.165) is 24.2 Å². The van der Waals surface area contributed by atoms with E-state index >= 15 is 0 Å². The van der Waals surface area contributed by atoms with E-state index in [1.165, 1.54) is 25.7 Å². The fourth-order valence-corrected chi connectivity index (χ4v) is 2.93. The van der Waals surface area contributed by atoms with Crippen molar-refractivity contribution in [3.8, 4) is 0 Å². The van der Waals surface area contributed by atoms with Gasteiger partial charge < -0.3 is 5.73 Å². The monoisotopic (exact) mass is 332 g/mol. The van der Waals surface area contributed by atoms with Crippen LogP contribution in [0.2, 0.25) is 0 Å². The second-order valence-electron chi connectivity index (χ2n) is 6.64. The third kappa shape index (κ3) is 3.13. The third-order valence-electron chi connectivity index (χ3n) is 5.04. The second kappa shape index (κ2) is 6.62. The van der Waals surface area contributed by atoms with E-state index in [9.17, 15) is 10.1 Å². The van der Waals surface area contributed by atoms with Crippen LogP contribution in [0.1, 0.15) is 62.0 Å². The summed E-state index contributed by atoms with van der Waals surface area (Å²) < 4.78 is 3.79. The van der Waals surface area contributed by atoms with Crippen molar-refractivity contribution in [2.24, 2.45) is 0 Å². The fourth-order valence-electron chi connectivity index (χ4n) is 2.93. The summed E-state index contributed by atoms with van der Waals surface area (Å²) in [6.07, 6.45) is 10.6. The third-order valence-corrected chi connectivity index (χ3v) is 5.04. The molecule has 0 aliphatic heterocycles. The Labute approximate surface area is 140 Å². The molecule has 2 aromatic heterocycles. The Morgan fingerprint density at radius 2 is 1.83 bits per heavy atom. The molecule has 0 bridgehead atoms. The van der Waals surface area contributed by atoms with Gasteiger partial charge in [-0.1, -0.05) is 0 Å². The quantitative estimate of drug-likeness (QED) is 0.685. The van der Waals surface area contributed by atoms with Crippen molar-refractivity contribution in [2.75, 3.05) is 5.73 Å². The minimum atomic E-state index is -0.377. The van der Waals surface area contributed by atoms with Crippen molar-refractivity contribution in [3.63, 3.8) is 0 Å². The molecule has 24 heavy (non-hydrogen) atoms. The molecule has 0 saturated heterocycles. The van der Waals surface area contributed by atoms with Crippen LogP contribution in [0.15, 0.2) is 12.4 Å². The Morgan fingerprint density at radius 3 is 2.21 bits per heavy atom. The highest BCUT2D eigenvalue weighted by Gasteiger charge is 2.24. The molecule has 2 saturated carbocycles. The summed E-state index contributed by atoms with van der Waals surface area (Å²) in [4.78, 5) is 10.1. The lowest BCUT2D eigenvalue weighted by Gasteiger charge is -2.26. The molecule has 2 aliphatic rings. The maximum atomic E-state index is 10.5. The normalized spacial score (nSPS) is 17.6. The zero-order valence-electron chi connectivity index (χ0n) is 14.2. The highest BCUT2D eigenvalue weighted by Crippen LogP contribution is 2.33. The molecule has 2 N–H and O–H groups in total. The van der Waals surface area contributed by atoms with E-state index in [2.05, 4.69) is 14.9 Å². The summed E-state index contributed by atoms with van der Waals surface area (Å²) in [6.45, 7) is 3.70. The standard InChI is InChI=1S/C8H11N3O2.C8H13N3/c1-6-8(11(12)13)5-10(9-6)7-3-2-4-7;1-6-8(9)5-10-11(6)7-3-2-4-7/h5,7H,2-4H2,1H3;5,7H,2-4,9H2,1H3. The Balaban J connectivity index is 0.000000143. The summed E-state index contributed by atoms with van der Waals surface area (Å²) in [6, 6.07) is 1.03. The first-order valence-corrected chi connectivity index (χ1v) is 8.47. The van der Waals surface area contributed by atoms with Crippen LogP contribution in [0, 0.1) is 24.0 Å².